The normalized spacial score (nSPS) is 14.9. The van der Waals surface area contributed by atoms with E-state index in [1.54, 1.807) is 19.9 Å². The van der Waals surface area contributed by atoms with Crippen molar-refractivity contribution in [1.29, 1.82) is 0 Å². The lowest BCUT2D eigenvalue weighted by atomic mass is 9.95. The molecule has 1 aromatic carbocycles. The zero-order chi connectivity index (χ0) is 15.4. The fraction of sp³-hybridized carbons (Fsp3) is 0.571. The highest BCUT2D eigenvalue weighted by atomic mass is 19.4. The summed E-state index contributed by atoms with van der Waals surface area (Å²) in [5, 5.41) is 12.3. The Balaban J connectivity index is 2.68. The van der Waals surface area contributed by atoms with Crippen molar-refractivity contribution in [2.45, 2.75) is 44.8 Å². The van der Waals surface area contributed by atoms with Gasteiger partial charge >= 0.3 is 6.18 Å². The van der Waals surface area contributed by atoms with Gasteiger partial charge in [0.1, 0.15) is 5.82 Å². The molecule has 0 bridgehead atoms. The van der Waals surface area contributed by atoms with Crippen LogP contribution in [-0.4, -0.2) is 23.4 Å². The van der Waals surface area contributed by atoms with E-state index >= 15 is 0 Å². The predicted octanol–water partition coefficient (Wildman–Crippen LogP) is 4.03. The molecule has 0 heterocycles. The van der Waals surface area contributed by atoms with Gasteiger partial charge in [-0.05, 0) is 50.5 Å². The number of anilines is 1. The summed E-state index contributed by atoms with van der Waals surface area (Å²) in [5.74, 6) is -0.428. The maximum absolute atomic E-state index is 13.3. The Kier molecular flexibility index (Phi) is 5.39. The number of alkyl halides is 3. The van der Waals surface area contributed by atoms with Crippen LogP contribution in [-0.2, 0) is 0 Å². The molecule has 1 atom stereocenters. The first-order chi connectivity index (χ1) is 9.13. The van der Waals surface area contributed by atoms with Gasteiger partial charge in [0, 0.05) is 12.1 Å². The molecule has 0 aliphatic carbocycles. The summed E-state index contributed by atoms with van der Waals surface area (Å²) in [6.45, 7) is 3.00. The zero-order valence-electron chi connectivity index (χ0n) is 11.5. The number of halogens is 4. The number of hydrogen-bond acceptors (Lipinski definition) is 2. The second kappa shape index (κ2) is 6.43. The van der Waals surface area contributed by atoms with E-state index in [1.807, 2.05) is 0 Å². The summed E-state index contributed by atoms with van der Waals surface area (Å²) in [6.07, 6.45) is -5.06. The molecule has 6 heteroatoms. The van der Waals surface area contributed by atoms with Crippen molar-refractivity contribution >= 4 is 5.69 Å². The van der Waals surface area contributed by atoms with Crippen LogP contribution in [0.15, 0.2) is 18.2 Å². The molecule has 0 aromatic heterocycles. The summed E-state index contributed by atoms with van der Waals surface area (Å²) < 4.78 is 49.7. The van der Waals surface area contributed by atoms with Gasteiger partial charge < -0.3 is 10.4 Å². The molecule has 114 valence electrons. The van der Waals surface area contributed by atoms with Crippen LogP contribution >= 0.6 is 0 Å². The third kappa shape index (κ3) is 5.77. The Labute approximate surface area is 115 Å². The molecule has 1 rings (SSSR count). The van der Waals surface area contributed by atoms with Crippen molar-refractivity contribution in [2.24, 2.45) is 0 Å². The van der Waals surface area contributed by atoms with E-state index in [0.29, 0.717) is 11.3 Å². The van der Waals surface area contributed by atoms with Gasteiger partial charge in [-0.2, -0.15) is 13.2 Å². The van der Waals surface area contributed by atoms with Crippen molar-refractivity contribution in [3.8, 4) is 0 Å². The Morgan fingerprint density at radius 1 is 1.15 bits per heavy atom. The third-order valence-electron chi connectivity index (χ3n) is 3.03. The van der Waals surface area contributed by atoms with E-state index < -0.39 is 24.0 Å². The van der Waals surface area contributed by atoms with Gasteiger partial charge in [0.25, 0.3) is 0 Å². The van der Waals surface area contributed by atoms with E-state index in [1.165, 1.54) is 12.1 Å². The van der Waals surface area contributed by atoms with Crippen LogP contribution in [0.3, 0.4) is 0 Å². The summed E-state index contributed by atoms with van der Waals surface area (Å²) in [6, 6.07) is 4.29. The largest absolute Gasteiger partial charge is 0.394 e. The van der Waals surface area contributed by atoms with Gasteiger partial charge in [-0.25, -0.2) is 4.39 Å². The standard InChI is InChI=1S/C14H19F4NO/c1-10-6-11(15)8-12(7-10)19-13(2,9-20)4-3-5-14(16,17)18/h6-8,19-20H,3-5,9H2,1-2H3. The van der Waals surface area contributed by atoms with E-state index in [4.69, 9.17) is 0 Å². The van der Waals surface area contributed by atoms with E-state index in [0.717, 1.165) is 0 Å². The highest BCUT2D eigenvalue weighted by Crippen LogP contribution is 2.27. The first-order valence-electron chi connectivity index (χ1n) is 6.36. The van der Waals surface area contributed by atoms with Crippen molar-refractivity contribution in [3.05, 3.63) is 29.6 Å². The molecule has 0 saturated carbocycles. The van der Waals surface area contributed by atoms with Gasteiger partial charge in [0.15, 0.2) is 0 Å². The lowest BCUT2D eigenvalue weighted by molar-refractivity contribution is -0.136. The van der Waals surface area contributed by atoms with Crippen LogP contribution < -0.4 is 5.32 Å². The molecule has 0 radical (unpaired) electrons. The lowest BCUT2D eigenvalue weighted by Gasteiger charge is -2.30. The molecule has 1 unspecified atom stereocenters. The van der Waals surface area contributed by atoms with Gasteiger partial charge in [0.2, 0.25) is 0 Å². The maximum atomic E-state index is 13.3. The first-order valence-corrected chi connectivity index (χ1v) is 6.36. The molecule has 2 N–H and O–H groups in total. The molecular formula is C14H19F4NO. The summed E-state index contributed by atoms with van der Waals surface area (Å²) in [5.41, 5.74) is 0.236. The molecule has 1 aromatic rings. The second-order valence-corrected chi connectivity index (χ2v) is 5.33. The number of hydrogen-bond donors (Lipinski definition) is 2. The molecule has 0 amide bonds. The van der Waals surface area contributed by atoms with E-state index in [9.17, 15) is 22.7 Å². The lowest BCUT2D eigenvalue weighted by Crippen LogP contribution is -2.39. The third-order valence-corrected chi connectivity index (χ3v) is 3.03. The van der Waals surface area contributed by atoms with Crippen LogP contribution in [0.25, 0.3) is 0 Å². The first kappa shape index (κ1) is 16.8. The predicted molar refractivity (Wildman–Crippen MR) is 70.2 cm³/mol. The van der Waals surface area contributed by atoms with E-state index in [-0.39, 0.29) is 19.4 Å². The molecule has 2 nitrogen and oxygen atoms in total. The van der Waals surface area contributed by atoms with Crippen molar-refractivity contribution in [1.82, 2.24) is 0 Å². The monoisotopic (exact) mass is 293 g/mol. The Morgan fingerprint density at radius 2 is 1.80 bits per heavy atom. The Hall–Kier alpha value is -1.30. The van der Waals surface area contributed by atoms with Gasteiger partial charge in [0.05, 0.1) is 12.1 Å². The quantitative estimate of drug-likeness (QED) is 0.776. The average Bonchev–Trinajstić information content (AvgIpc) is 2.25. The SMILES string of the molecule is Cc1cc(F)cc(NC(C)(CO)CCCC(F)(F)F)c1. The number of rotatable bonds is 6. The van der Waals surface area contributed by atoms with Crippen LogP contribution in [0.5, 0.6) is 0 Å². The molecule has 0 fully saturated rings. The Morgan fingerprint density at radius 3 is 2.30 bits per heavy atom. The average molecular weight is 293 g/mol. The van der Waals surface area contributed by atoms with Crippen LogP contribution in [0.4, 0.5) is 23.2 Å². The van der Waals surface area contributed by atoms with Crippen molar-refractivity contribution in [2.75, 3.05) is 11.9 Å². The highest BCUT2D eigenvalue weighted by Gasteiger charge is 2.29. The number of aliphatic hydroxyl groups is 1. The van der Waals surface area contributed by atoms with Crippen LogP contribution in [0.1, 0.15) is 31.7 Å². The highest BCUT2D eigenvalue weighted by molar-refractivity contribution is 5.48. The fourth-order valence-electron chi connectivity index (χ4n) is 2.02. The van der Waals surface area contributed by atoms with Crippen molar-refractivity contribution < 1.29 is 22.7 Å². The minimum atomic E-state index is -4.20. The topological polar surface area (TPSA) is 32.3 Å². The minimum absolute atomic E-state index is 0.0954. The second-order valence-electron chi connectivity index (χ2n) is 5.33. The van der Waals surface area contributed by atoms with Gasteiger partial charge in [-0.1, -0.05) is 0 Å². The number of benzene rings is 1. The van der Waals surface area contributed by atoms with Gasteiger partial charge in [-0.3, -0.25) is 0 Å². The molecular weight excluding hydrogens is 274 g/mol. The summed E-state index contributed by atoms with van der Waals surface area (Å²) >= 11 is 0. The van der Waals surface area contributed by atoms with E-state index in [2.05, 4.69) is 5.32 Å². The molecule has 0 aliphatic rings. The van der Waals surface area contributed by atoms with Crippen LogP contribution in [0.2, 0.25) is 0 Å². The number of nitrogens with one attached hydrogen (secondary N) is 1. The maximum Gasteiger partial charge on any atom is 0.389 e. The molecule has 0 saturated heterocycles. The van der Waals surface area contributed by atoms with Gasteiger partial charge in [-0.15, -0.1) is 0 Å². The molecule has 0 aliphatic heterocycles. The zero-order valence-corrected chi connectivity index (χ0v) is 11.5. The summed E-state index contributed by atoms with van der Waals surface area (Å²) in [4.78, 5) is 0. The molecule has 0 spiro atoms. The Bertz CT molecular complexity index is 427. The number of aryl methyl sites for hydroxylation is 1. The number of aliphatic hydroxyl groups excluding tert-OH is 1. The minimum Gasteiger partial charge on any atom is -0.394 e. The van der Waals surface area contributed by atoms with Crippen molar-refractivity contribution in [3.63, 3.8) is 0 Å². The smallest absolute Gasteiger partial charge is 0.389 e. The molecule has 20 heavy (non-hydrogen) atoms. The summed E-state index contributed by atoms with van der Waals surface area (Å²) in [7, 11) is 0. The fourth-order valence-corrected chi connectivity index (χ4v) is 2.02. The van der Waals surface area contributed by atoms with Crippen LogP contribution in [0, 0.1) is 12.7 Å².